The minimum atomic E-state index is -2.29. The van der Waals surface area contributed by atoms with Crippen LogP contribution in [0, 0.1) is 11.8 Å². The van der Waals surface area contributed by atoms with Crippen LogP contribution in [0.15, 0.2) is 18.2 Å². The maximum atomic E-state index is 15.3. The second-order valence-electron chi connectivity index (χ2n) is 7.01. The molecule has 2 N–H and O–H groups in total. The van der Waals surface area contributed by atoms with E-state index in [2.05, 4.69) is 0 Å². The first-order valence-electron chi connectivity index (χ1n) is 9.08. The maximum absolute atomic E-state index is 15.3. The molecule has 2 aliphatic carbocycles. The third-order valence-corrected chi connectivity index (χ3v) is 6.19. The summed E-state index contributed by atoms with van der Waals surface area (Å²) in [5.74, 6) is -3.57. The summed E-state index contributed by atoms with van der Waals surface area (Å²) in [5.41, 5.74) is 3.00. The fourth-order valence-electron chi connectivity index (χ4n) is 4.11. The first-order valence-corrected chi connectivity index (χ1v) is 9.84. The molecule has 0 unspecified atom stereocenters. The van der Waals surface area contributed by atoms with Crippen LogP contribution in [0.1, 0.15) is 25.8 Å². The number of esters is 2. The number of carbonyl (C=O) groups excluding carboxylic acids is 2. The number of rotatable bonds is 7. The van der Waals surface area contributed by atoms with Gasteiger partial charge in [-0.15, -0.1) is 0 Å². The molecule has 5 atom stereocenters. The van der Waals surface area contributed by atoms with Crippen molar-refractivity contribution in [2.45, 2.75) is 44.2 Å². The van der Waals surface area contributed by atoms with Crippen LogP contribution in [0.25, 0.3) is 0 Å². The molecule has 0 heterocycles. The lowest BCUT2D eigenvalue weighted by atomic mass is 9.87. The highest BCUT2D eigenvalue weighted by atomic mass is 35.5. The van der Waals surface area contributed by atoms with E-state index in [4.69, 9.17) is 43.1 Å². The van der Waals surface area contributed by atoms with E-state index in [1.54, 1.807) is 32.0 Å². The van der Waals surface area contributed by atoms with Gasteiger partial charge in [-0.05, 0) is 38.0 Å². The van der Waals surface area contributed by atoms with Gasteiger partial charge in [0.25, 0.3) is 0 Å². The van der Waals surface area contributed by atoms with E-state index in [9.17, 15) is 9.59 Å². The Labute approximate surface area is 172 Å². The van der Waals surface area contributed by atoms with Crippen molar-refractivity contribution in [2.24, 2.45) is 17.6 Å². The zero-order valence-electron chi connectivity index (χ0n) is 15.5. The minimum Gasteiger partial charge on any atom is -0.465 e. The predicted molar refractivity (Wildman–Crippen MR) is 101 cm³/mol. The number of benzene rings is 1. The average molecular weight is 434 g/mol. The Morgan fingerprint density at radius 2 is 1.82 bits per heavy atom. The van der Waals surface area contributed by atoms with Crippen LogP contribution in [-0.2, 0) is 30.4 Å². The summed E-state index contributed by atoms with van der Waals surface area (Å²) in [7, 11) is 0. The number of carbonyl (C=O) groups is 2. The van der Waals surface area contributed by atoms with Crippen molar-refractivity contribution in [1.29, 1.82) is 0 Å². The van der Waals surface area contributed by atoms with Crippen LogP contribution >= 0.6 is 23.2 Å². The number of fused-ring (bicyclic) bond motifs is 1. The molecule has 0 saturated heterocycles. The molecular formula is C19H22Cl2FNO5. The molecule has 1 aromatic carbocycles. The Balaban J connectivity index is 1.79. The Morgan fingerprint density at radius 1 is 1.18 bits per heavy atom. The highest BCUT2D eigenvalue weighted by molar-refractivity contribution is 6.42. The fourth-order valence-corrected chi connectivity index (χ4v) is 4.43. The Morgan fingerprint density at radius 3 is 2.43 bits per heavy atom. The molecule has 154 valence electrons. The van der Waals surface area contributed by atoms with Crippen LogP contribution in [0.5, 0.6) is 0 Å². The average Bonchev–Trinajstić information content (AvgIpc) is 3.13. The van der Waals surface area contributed by atoms with Crippen LogP contribution in [0.3, 0.4) is 0 Å². The summed E-state index contributed by atoms with van der Waals surface area (Å²) in [6.07, 6.45) is -0.703. The van der Waals surface area contributed by atoms with Gasteiger partial charge in [0.2, 0.25) is 5.67 Å². The van der Waals surface area contributed by atoms with E-state index < -0.39 is 41.1 Å². The Bertz CT molecular complexity index is 794. The van der Waals surface area contributed by atoms with Crippen molar-refractivity contribution >= 4 is 35.1 Å². The summed E-state index contributed by atoms with van der Waals surface area (Å²) >= 11 is 11.9. The van der Waals surface area contributed by atoms with Crippen molar-refractivity contribution < 1.29 is 28.2 Å². The molecule has 0 bridgehead atoms. The van der Waals surface area contributed by atoms with Gasteiger partial charge in [0, 0.05) is 11.8 Å². The normalized spacial score (nSPS) is 33.3. The second kappa shape index (κ2) is 7.78. The molecule has 0 aromatic heterocycles. The molecule has 2 aliphatic rings. The number of hydrogen-bond acceptors (Lipinski definition) is 6. The fraction of sp³-hybridized carbons (Fsp3) is 0.579. The van der Waals surface area contributed by atoms with Crippen molar-refractivity contribution in [2.75, 3.05) is 13.2 Å². The Hall–Kier alpha value is -1.41. The molecule has 28 heavy (non-hydrogen) atoms. The number of halogens is 3. The highest BCUT2D eigenvalue weighted by Crippen LogP contribution is 2.67. The second-order valence-corrected chi connectivity index (χ2v) is 7.82. The minimum absolute atomic E-state index is 0.0399. The number of hydrogen-bond donors (Lipinski definition) is 1. The smallest absolute Gasteiger partial charge is 0.344 e. The van der Waals surface area contributed by atoms with Crippen LogP contribution < -0.4 is 5.73 Å². The van der Waals surface area contributed by atoms with Gasteiger partial charge in [0.15, 0.2) is 0 Å². The van der Waals surface area contributed by atoms with Crippen LogP contribution in [0.4, 0.5) is 4.39 Å². The lowest BCUT2D eigenvalue weighted by Crippen LogP contribution is -2.61. The summed E-state index contributed by atoms with van der Waals surface area (Å²) in [6.45, 7) is 3.42. The summed E-state index contributed by atoms with van der Waals surface area (Å²) < 4.78 is 31.0. The molecule has 0 aliphatic heterocycles. The third kappa shape index (κ3) is 3.28. The van der Waals surface area contributed by atoms with Gasteiger partial charge in [-0.25, -0.2) is 14.0 Å². The molecule has 2 saturated carbocycles. The largest absolute Gasteiger partial charge is 0.465 e. The van der Waals surface area contributed by atoms with Gasteiger partial charge in [-0.1, -0.05) is 29.3 Å². The molecule has 9 heteroatoms. The number of nitrogens with two attached hydrogens (primary N) is 1. The molecule has 3 rings (SSSR count). The van der Waals surface area contributed by atoms with E-state index in [1.807, 2.05) is 0 Å². The van der Waals surface area contributed by atoms with E-state index in [-0.39, 0.29) is 26.2 Å². The van der Waals surface area contributed by atoms with Crippen molar-refractivity contribution in [3.05, 3.63) is 33.8 Å². The van der Waals surface area contributed by atoms with Gasteiger partial charge in [-0.3, -0.25) is 0 Å². The summed E-state index contributed by atoms with van der Waals surface area (Å²) in [6, 6.07) is 4.99. The monoisotopic (exact) mass is 433 g/mol. The van der Waals surface area contributed by atoms with E-state index in [1.165, 1.54) is 0 Å². The summed E-state index contributed by atoms with van der Waals surface area (Å²) in [4.78, 5) is 24.7. The van der Waals surface area contributed by atoms with Crippen molar-refractivity contribution in [3.63, 3.8) is 0 Å². The van der Waals surface area contributed by atoms with Crippen LogP contribution in [-0.4, -0.2) is 42.5 Å². The highest BCUT2D eigenvalue weighted by Gasteiger charge is 2.85. The first-order chi connectivity index (χ1) is 13.2. The van der Waals surface area contributed by atoms with E-state index in [0.29, 0.717) is 10.0 Å². The molecule has 0 amide bonds. The van der Waals surface area contributed by atoms with Crippen molar-refractivity contribution in [1.82, 2.24) is 0 Å². The summed E-state index contributed by atoms with van der Waals surface area (Å²) in [5, 5.41) is 0.774. The molecule has 1 aromatic rings. The molecule has 0 radical (unpaired) electrons. The van der Waals surface area contributed by atoms with Gasteiger partial charge >= 0.3 is 11.9 Å². The number of alkyl halides is 1. The lowest BCUT2D eigenvalue weighted by molar-refractivity contribution is -0.163. The molecule has 0 spiro atoms. The zero-order valence-corrected chi connectivity index (χ0v) is 17.1. The zero-order chi connectivity index (χ0) is 20.7. The quantitative estimate of drug-likeness (QED) is 0.664. The van der Waals surface area contributed by atoms with E-state index >= 15 is 4.39 Å². The van der Waals surface area contributed by atoms with Crippen molar-refractivity contribution in [3.8, 4) is 0 Å². The van der Waals surface area contributed by atoms with E-state index in [0.717, 1.165) is 5.56 Å². The first kappa shape index (κ1) is 21.3. The molecular weight excluding hydrogens is 412 g/mol. The third-order valence-electron chi connectivity index (χ3n) is 5.45. The maximum Gasteiger partial charge on any atom is 0.344 e. The standard InChI is InChI=1S/C19H22Cl2FNO5/c1-3-26-16(24)18(22)11-8-14(19(23,15(11)18)17(25)27-4-2)28-9-10-5-6-12(20)13(21)7-10/h5-7,11,14-15H,3-4,8-9,23H2,1-2H3/t11-,14-,15+,18-,19+/m1/s1. The SMILES string of the molecule is CCOC(=O)[C@@]1(N)[C@H]2[C@@H](C[C@H]1OCc1ccc(Cl)c(Cl)c1)[C@]2(F)C(=O)OCC. The molecule has 2 fully saturated rings. The molecule has 6 nitrogen and oxygen atoms in total. The van der Waals surface area contributed by atoms with Crippen LogP contribution in [0.2, 0.25) is 10.0 Å². The van der Waals surface area contributed by atoms with Gasteiger partial charge in [-0.2, -0.15) is 0 Å². The number of ether oxygens (including phenoxy) is 3. The van der Waals surface area contributed by atoms with Gasteiger partial charge < -0.3 is 19.9 Å². The van der Waals surface area contributed by atoms with Gasteiger partial charge in [0.1, 0.15) is 5.54 Å². The Kier molecular flexibility index (Phi) is 5.92. The topological polar surface area (TPSA) is 87.9 Å². The predicted octanol–water partition coefficient (Wildman–Crippen LogP) is 3.06. The lowest BCUT2D eigenvalue weighted by Gasteiger charge is -2.33. The van der Waals surface area contributed by atoms with Gasteiger partial charge in [0.05, 0.1) is 36.0 Å².